The van der Waals surface area contributed by atoms with Gasteiger partial charge in [0.25, 0.3) is 0 Å². The summed E-state index contributed by atoms with van der Waals surface area (Å²) < 4.78 is 11.2. The minimum absolute atomic E-state index is 0.00797. The van der Waals surface area contributed by atoms with Gasteiger partial charge in [0.15, 0.2) is 11.5 Å². The van der Waals surface area contributed by atoms with E-state index in [2.05, 4.69) is 24.4 Å². The van der Waals surface area contributed by atoms with Gasteiger partial charge in [-0.2, -0.15) is 0 Å². The van der Waals surface area contributed by atoms with Crippen molar-refractivity contribution in [1.82, 2.24) is 10.2 Å². The highest BCUT2D eigenvalue weighted by molar-refractivity contribution is 5.78. The summed E-state index contributed by atoms with van der Waals surface area (Å²) in [5.74, 6) is 1.58. The molecule has 0 spiro atoms. The fraction of sp³-hybridized carbons (Fsp3) is 0.381. The van der Waals surface area contributed by atoms with Gasteiger partial charge >= 0.3 is 0 Å². The zero-order valence-corrected chi connectivity index (χ0v) is 15.6. The summed E-state index contributed by atoms with van der Waals surface area (Å²) >= 11 is 0. The van der Waals surface area contributed by atoms with Gasteiger partial charge in [-0.15, -0.1) is 0 Å². The molecule has 0 fully saturated rings. The molecule has 1 N–H and O–H groups in total. The van der Waals surface area contributed by atoms with Gasteiger partial charge in [0.1, 0.15) is 13.2 Å². The minimum atomic E-state index is -0.00797. The Morgan fingerprint density at radius 3 is 2.65 bits per heavy atom. The van der Waals surface area contributed by atoms with Crippen molar-refractivity contribution in [2.45, 2.75) is 26.4 Å². The number of nitrogens with zero attached hydrogens (tertiary/aromatic N) is 1. The molecule has 0 bridgehead atoms. The third kappa shape index (κ3) is 4.55. The maximum absolute atomic E-state index is 12.4. The molecule has 1 heterocycles. The molecule has 5 heteroatoms. The van der Waals surface area contributed by atoms with Crippen LogP contribution in [0.4, 0.5) is 0 Å². The van der Waals surface area contributed by atoms with Crippen LogP contribution in [0.5, 0.6) is 11.5 Å². The van der Waals surface area contributed by atoms with Gasteiger partial charge in [-0.3, -0.25) is 9.69 Å². The highest BCUT2D eigenvalue weighted by atomic mass is 16.6. The number of carbonyl (C=O) groups is 1. The molecule has 26 heavy (non-hydrogen) atoms. The molecule has 1 aliphatic rings. The second-order valence-electron chi connectivity index (χ2n) is 6.80. The molecule has 0 radical (unpaired) electrons. The first kappa shape index (κ1) is 18.3. The molecule has 0 saturated carbocycles. The van der Waals surface area contributed by atoms with Crippen molar-refractivity contribution in [1.29, 1.82) is 0 Å². The van der Waals surface area contributed by atoms with Crippen LogP contribution in [0, 0.1) is 6.92 Å². The third-order valence-corrected chi connectivity index (χ3v) is 4.51. The average Bonchev–Trinajstić information content (AvgIpc) is 2.61. The first-order valence-electron chi connectivity index (χ1n) is 8.95. The van der Waals surface area contributed by atoms with Crippen LogP contribution in [-0.4, -0.2) is 37.6 Å². The highest BCUT2D eigenvalue weighted by Crippen LogP contribution is 2.31. The Labute approximate surface area is 154 Å². The smallest absolute Gasteiger partial charge is 0.234 e. The number of hydrogen-bond donors (Lipinski definition) is 1. The van der Waals surface area contributed by atoms with Crippen molar-refractivity contribution in [2.24, 2.45) is 0 Å². The zero-order valence-electron chi connectivity index (χ0n) is 15.6. The number of rotatable bonds is 6. The molecule has 0 aliphatic carbocycles. The molecule has 1 atom stereocenters. The lowest BCUT2D eigenvalue weighted by atomic mass is 10.0. The van der Waals surface area contributed by atoms with Crippen LogP contribution >= 0.6 is 0 Å². The highest BCUT2D eigenvalue weighted by Gasteiger charge is 2.15. The van der Waals surface area contributed by atoms with E-state index in [9.17, 15) is 4.79 Å². The lowest BCUT2D eigenvalue weighted by Gasteiger charge is -2.22. The number of fused-ring (bicyclic) bond motifs is 1. The van der Waals surface area contributed by atoms with Gasteiger partial charge in [-0.05, 0) is 49.7 Å². The SMILES string of the molecule is Cc1ccccc1C(C)NC(=O)CN(C)Cc1ccc2c(c1)OCCO2. The monoisotopic (exact) mass is 354 g/mol. The van der Waals surface area contributed by atoms with E-state index in [1.54, 1.807) is 0 Å². The van der Waals surface area contributed by atoms with Gasteiger partial charge in [0.2, 0.25) is 5.91 Å². The van der Waals surface area contributed by atoms with E-state index in [0.29, 0.717) is 26.3 Å². The van der Waals surface area contributed by atoms with Crippen LogP contribution < -0.4 is 14.8 Å². The molecule has 2 aromatic carbocycles. The number of benzene rings is 2. The quantitative estimate of drug-likeness (QED) is 0.866. The zero-order chi connectivity index (χ0) is 18.5. The summed E-state index contributed by atoms with van der Waals surface area (Å²) in [5.41, 5.74) is 3.43. The van der Waals surface area contributed by atoms with E-state index in [1.165, 1.54) is 5.56 Å². The molecule has 0 saturated heterocycles. The van der Waals surface area contributed by atoms with Gasteiger partial charge in [-0.25, -0.2) is 0 Å². The minimum Gasteiger partial charge on any atom is -0.486 e. The molecular formula is C21H26N2O3. The number of likely N-dealkylation sites (N-methyl/N-ethyl adjacent to an activating group) is 1. The molecule has 3 rings (SSSR count). The molecule has 0 aromatic heterocycles. The van der Waals surface area contributed by atoms with Gasteiger partial charge < -0.3 is 14.8 Å². The lowest BCUT2D eigenvalue weighted by Crippen LogP contribution is -2.36. The van der Waals surface area contributed by atoms with E-state index in [1.807, 2.05) is 49.2 Å². The second kappa shape index (κ2) is 8.23. The van der Waals surface area contributed by atoms with Crippen LogP contribution in [0.2, 0.25) is 0 Å². The number of carbonyl (C=O) groups excluding carboxylic acids is 1. The summed E-state index contributed by atoms with van der Waals surface area (Å²) in [5, 5.41) is 3.08. The molecule has 5 nitrogen and oxygen atoms in total. The predicted molar refractivity (Wildman–Crippen MR) is 102 cm³/mol. The van der Waals surface area contributed by atoms with Crippen LogP contribution in [0.3, 0.4) is 0 Å². The molecule has 1 amide bonds. The fourth-order valence-corrected chi connectivity index (χ4v) is 3.24. The normalized spacial score (nSPS) is 14.2. The first-order chi connectivity index (χ1) is 12.5. The van der Waals surface area contributed by atoms with Crippen molar-refractivity contribution in [2.75, 3.05) is 26.8 Å². The summed E-state index contributed by atoms with van der Waals surface area (Å²) in [4.78, 5) is 14.4. The Hall–Kier alpha value is -2.53. The average molecular weight is 354 g/mol. The molecule has 2 aromatic rings. The van der Waals surface area contributed by atoms with Crippen molar-refractivity contribution in [3.8, 4) is 11.5 Å². The number of aryl methyl sites for hydroxylation is 1. The summed E-state index contributed by atoms with van der Waals surface area (Å²) in [6, 6.07) is 14.0. The number of nitrogens with one attached hydrogen (secondary N) is 1. The van der Waals surface area contributed by atoms with Crippen molar-refractivity contribution >= 4 is 5.91 Å². The van der Waals surface area contributed by atoms with E-state index >= 15 is 0 Å². The predicted octanol–water partition coefficient (Wildman–Crippen LogP) is 3.08. The van der Waals surface area contributed by atoms with Gasteiger partial charge in [-0.1, -0.05) is 30.3 Å². The maximum atomic E-state index is 12.4. The Morgan fingerprint density at radius 2 is 1.88 bits per heavy atom. The van der Waals surface area contributed by atoms with Crippen LogP contribution in [0.15, 0.2) is 42.5 Å². The number of hydrogen-bond acceptors (Lipinski definition) is 4. The Morgan fingerprint density at radius 1 is 1.15 bits per heavy atom. The third-order valence-electron chi connectivity index (χ3n) is 4.51. The first-order valence-corrected chi connectivity index (χ1v) is 8.95. The van der Waals surface area contributed by atoms with E-state index < -0.39 is 0 Å². The fourth-order valence-electron chi connectivity index (χ4n) is 3.24. The second-order valence-corrected chi connectivity index (χ2v) is 6.80. The summed E-state index contributed by atoms with van der Waals surface area (Å²) in [6.07, 6.45) is 0. The van der Waals surface area contributed by atoms with E-state index in [4.69, 9.17) is 9.47 Å². The molecule has 138 valence electrons. The van der Waals surface area contributed by atoms with Crippen LogP contribution in [0.25, 0.3) is 0 Å². The van der Waals surface area contributed by atoms with Gasteiger partial charge in [0, 0.05) is 6.54 Å². The summed E-state index contributed by atoms with van der Waals surface area (Å²) in [6.45, 7) is 6.25. The van der Waals surface area contributed by atoms with Gasteiger partial charge in [0.05, 0.1) is 12.6 Å². The summed E-state index contributed by atoms with van der Waals surface area (Å²) in [7, 11) is 1.94. The molecule has 1 aliphatic heterocycles. The van der Waals surface area contributed by atoms with Crippen molar-refractivity contribution in [3.63, 3.8) is 0 Å². The largest absolute Gasteiger partial charge is 0.486 e. The van der Waals surface area contributed by atoms with Crippen molar-refractivity contribution < 1.29 is 14.3 Å². The van der Waals surface area contributed by atoms with Crippen molar-refractivity contribution in [3.05, 3.63) is 59.2 Å². The topological polar surface area (TPSA) is 50.8 Å². The van der Waals surface area contributed by atoms with E-state index in [-0.39, 0.29) is 11.9 Å². The Bertz CT molecular complexity index is 776. The Balaban J connectivity index is 1.53. The number of amides is 1. The standard InChI is InChI=1S/C21H26N2O3/c1-15-6-4-5-7-18(15)16(2)22-21(24)14-23(3)13-17-8-9-19-20(12-17)26-11-10-25-19/h4-9,12,16H,10-11,13-14H2,1-3H3,(H,22,24). The van der Waals surface area contributed by atoms with E-state index in [0.717, 1.165) is 22.6 Å². The molecular weight excluding hydrogens is 328 g/mol. The number of ether oxygens (including phenoxy) is 2. The molecule has 1 unspecified atom stereocenters. The van der Waals surface area contributed by atoms with Crippen LogP contribution in [0.1, 0.15) is 29.7 Å². The van der Waals surface area contributed by atoms with Crippen LogP contribution in [-0.2, 0) is 11.3 Å². The maximum Gasteiger partial charge on any atom is 0.234 e. The lowest BCUT2D eigenvalue weighted by molar-refractivity contribution is -0.122. The Kier molecular flexibility index (Phi) is 5.78.